The monoisotopic (exact) mass is 348 g/mol. The molecule has 0 saturated heterocycles. The molecule has 0 aliphatic heterocycles. The van der Waals surface area contributed by atoms with Crippen LogP contribution in [-0.2, 0) is 4.79 Å². The van der Waals surface area contributed by atoms with Gasteiger partial charge in [-0.3, -0.25) is 4.79 Å². The van der Waals surface area contributed by atoms with E-state index in [2.05, 4.69) is 5.32 Å². The minimum Gasteiger partial charge on any atom is -0.550 e. The highest BCUT2D eigenvalue weighted by Gasteiger charge is 2.21. The third kappa shape index (κ3) is 4.76. The van der Waals surface area contributed by atoms with Crippen molar-refractivity contribution in [2.75, 3.05) is 6.61 Å². The number of ether oxygens (including phenoxy) is 1. The SMILES string of the molecule is CCOc1ccc([C@@H](CC(=O)[O-])NC(=O)c2c(F)cccc2F)cc1. The number of hydrogen-bond donors (Lipinski definition) is 1. The molecule has 0 saturated carbocycles. The smallest absolute Gasteiger partial charge is 0.257 e. The van der Waals surface area contributed by atoms with Crippen molar-refractivity contribution < 1.29 is 28.2 Å². The zero-order valence-corrected chi connectivity index (χ0v) is 13.4. The first-order valence-corrected chi connectivity index (χ1v) is 7.59. The van der Waals surface area contributed by atoms with E-state index in [1.165, 1.54) is 0 Å². The topological polar surface area (TPSA) is 78.5 Å². The highest BCUT2D eigenvalue weighted by Crippen LogP contribution is 2.22. The van der Waals surface area contributed by atoms with E-state index in [-0.39, 0.29) is 0 Å². The number of carboxylic acid groups (broad SMARTS) is 1. The van der Waals surface area contributed by atoms with E-state index in [0.717, 1.165) is 18.2 Å². The number of carboxylic acids is 1. The maximum Gasteiger partial charge on any atom is 0.257 e. The molecule has 0 bridgehead atoms. The fourth-order valence-corrected chi connectivity index (χ4v) is 2.33. The second-order valence-corrected chi connectivity index (χ2v) is 5.20. The Morgan fingerprint density at radius 3 is 2.24 bits per heavy atom. The summed E-state index contributed by atoms with van der Waals surface area (Å²) in [6.45, 7) is 2.28. The Morgan fingerprint density at radius 1 is 1.12 bits per heavy atom. The number of halogens is 2. The lowest BCUT2D eigenvalue weighted by molar-refractivity contribution is -0.306. The van der Waals surface area contributed by atoms with E-state index in [9.17, 15) is 23.5 Å². The van der Waals surface area contributed by atoms with Crippen LogP contribution in [0.2, 0.25) is 0 Å². The fraction of sp³-hybridized carbons (Fsp3) is 0.222. The Balaban J connectivity index is 2.25. The van der Waals surface area contributed by atoms with Crippen LogP contribution >= 0.6 is 0 Å². The molecule has 1 N–H and O–H groups in total. The van der Waals surface area contributed by atoms with Gasteiger partial charge in [0.05, 0.1) is 12.6 Å². The lowest BCUT2D eigenvalue weighted by Gasteiger charge is -2.20. The second-order valence-electron chi connectivity index (χ2n) is 5.20. The van der Waals surface area contributed by atoms with Crippen molar-refractivity contribution in [3.8, 4) is 5.75 Å². The molecule has 2 rings (SSSR count). The number of hydrogen-bond acceptors (Lipinski definition) is 4. The first-order valence-electron chi connectivity index (χ1n) is 7.59. The summed E-state index contributed by atoms with van der Waals surface area (Å²) >= 11 is 0. The molecule has 0 fully saturated rings. The number of nitrogens with one attached hydrogen (secondary N) is 1. The normalized spacial score (nSPS) is 11.6. The summed E-state index contributed by atoms with van der Waals surface area (Å²) in [6.07, 6.45) is -0.546. The lowest BCUT2D eigenvalue weighted by Crippen LogP contribution is -2.35. The summed E-state index contributed by atoms with van der Waals surface area (Å²) < 4.78 is 32.7. The van der Waals surface area contributed by atoms with Crippen molar-refractivity contribution >= 4 is 11.9 Å². The predicted molar refractivity (Wildman–Crippen MR) is 83.8 cm³/mol. The van der Waals surface area contributed by atoms with Gasteiger partial charge >= 0.3 is 0 Å². The third-order valence-electron chi connectivity index (χ3n) is 3.46. The molecule has 0 spiro atoms. The van der Waals surface area contributed by atoms with Gasteiger partial charge in [0.15, 0.2) is 0 Å². The van der Waals surface area contributed by atoms with Crippen LogP contribution in [0.4, 0.5) is 8.78 Å². The Labute approximate surface area is 143 Å². The molecule has 0 radical (unpaired) electrons. The van der Waals surface area contributed by atoms with Crippen LogP contribution in [-0.4, -0.2) is 18.5 Å². The van der Waals surface area contributed by atoms with E-state index in [0.29, 0.717) is 17.9 Å². The van der Waals surface area contributed by atoms with E-state index < -0.39 is 41.5 Å². The fourth-order valence-electron chi connectivity index (χ4n) is 2.33. The molecule has 0 aliphatic carbocycles. The Kier molecular flexibility index (Phi) is 6.05. The van der Waals surface area contributed by atoms with Crippen LogP contribution in [0.25, 0.3) is 0 Å². The molecular formula is C18H16F2NO4-. The lowest BCUT2D eigenvalue weighted by atomic mass is 10.0. The summed E-state index contributed by atoms with van der Waals surface area (Å²) in [5.74, 6) is -3.94. The van der Waals surface area contributed by atoms with Crippen molar-refractivity contribution in [1.82, 2.24) is 5.32 Å². The molecule has 0 heterocycles. The van der Waals surface area contributed by atoms with Crippen LogP contribution in [0.3, 0.4) is 0 Å². The predicted octanol–water partition coefficient (Wildman–Crippen LogP) is 1.97. The maximum absolute atomic E-state index is 13.7. The number of carbonyl (C=O) groups excluding carboxylic acids is 2. The van der Waals surface area contributed by atoms with Crippen molar-refractivity contribution in [3.63, 3.8) is 0 Å². The zero-order valence-electron chi connectivity index (χ0n) is 13.4. The summed E-state index contributed by atoms with van der Waals surface area (Å²) in [6, 6.07) is 8.37. The van der Waals surface area contributed by atoms with E-state index in [1.807, 2.05) is 6.92 Å². The van der Waals surface area contributed by atoms with Gasteiger partial charge in [0.25, 0.3) is 5.91 Å². The van der Waals surface area contributed by atoms with Gasteiger partial charge in [-0.1, -0.05) is 18.2 Å². The highest BCUT2D eigenvalue weighted by molar-refractivity contribution is 5.95. The van der Waals surface area contributed by atoms with Gasteiger partial charge in [0.2, 0.25) is 0 Å². The van der Waals surface area contributed by atoms with Gasteiger partial charge in [-0.25, -0.2) is 8.78 Å². The summed E-state index contributed by atoms with van der Waals surface area (Å²) in [7, 11) is 0. The molecule has 25 heavy (non-hydrogen) atoms. The van der Waals surface area contributed by atoms with Gasteiger partial charge in [-0.15, -0.1) is 0 Å². The maximum atomic E-state index is 13.7. The number of carbonyl (C=O) groups is 2. The number of aliphatic carboxylic acids is 1. The van der Waals surface area contributed by atoms with Gasteiger partial charge in [-0.05, 0) is 36.8 Å². The average molecular weight is 348 g/mol. The molecular weight excluding hydrogens is 332 g/mol. The van der Waals surface area contributed by atoms with Crippen molar-refractivity contribution in [1.29, 1.82) is 0 Å². The Hall–Kier alpha value is -2.96. The van der Waals surface area contributed by atoms with E-state index in [4.69, 9.17) is 4.74 Å². The van der Waals surface area contributed by atoms with Crippen LogP contribution < -0.4 is 15.2 Å². The minimum absolute atomic E-state index is 0.442. The van der Waals surface area contributed by atoms with Crippen molar-refractivity contribution in [2.24, 2.45) is 0 Å². The zero-order chi connectivity index (χ0) is 18.4. The molecule has 7 heteroatoms. The van der Waals surface area contributed by atoms with E-state index in [1.54, 1.807) is 24.3 Å². The molecule has 2 aromatic carbocycles. The molecule has 1 atom stereocenters. The molecule has 2 aromatic rings. The minimum atomic E-state index is -1.41. The van der Waals surface area contributed by atoms with Crippen LogP contribution in [0.1, 0.15) is 35.3 Å². The average Bonchev–Trinajstić information content (AvgIpc) is 2.54. The molecule has 0 aromatic heterocycles. The standard InChI is InChI=1S/C18H17F2NO4/c1-2-25-12-8-6-11(7-9-12)15(10-16(22)23)21-18(24)17-13(19)4-3-5-14(17)20/h3-9,15H,2,10H2,1H3,(H,21,24)(H,22,23)/p-1/t15-/m1/s1. The Morgan fingerprint density at radius 2 is 1.72 bits per heavy atom. The van der Waals surface area contributed by atoms with Crippen molar-refractivity contribution in [3.05, 3.63) is 65.2 Å². The van der Waals surface area contributed by atoms with Crippen LogP contribution in [0.15, 0.2) is 42.5 Å². The third-order valence-corrected chi connectivity index (χ3v) is 3.46. The van der Waals surface area contributed by atoms with Crippen LogP contribution in [0, 0.1) is 11.6 Å². The Bertz CT molecular complexity index is 742. The summed E-state index contributed by atoms with van der Waals surface area (Å²) in [4.78, 5) is 23.2. The second kappa shape index (κ2) is 8.23. The van der Waals surface area contributed by atoms with Crippen LogP contribution in [0.5, 0.6) is 5.75 Å². The van der Waals surface area contributed by atoms with Gasteiger partial charge < -0.3 is 20.0 Å². The van der Waals surface area contributed by atoms with E-state index >= 15 is 0 Å². The molecule has 0 aliphatic rings. The summed E-state index contributed by atoms with van der Waals surface area (Å²) in [5, 5.41) is 13.3. The first kappa shape index (κ1) is 18.4. The van der Waals surface area contributed by atoms with Gasteiger partial charge in [0, 0.05) is 12.4 Å². The molecule has 5 nitrogen and oxygen atoms in total. The number of rotatable bonds is 7. The molecule has 132 valence electrons. The van der Waals surface area contributed by atoms with Crippen molar-refractivity contribution in [2.45, 2.75) is 19.4 Å². The van der Waals surface area contributed by atoms with Gasteiger partial charge in [-0.2, -0.15) is 0 Å². The highest BCUT2D eigenvalue weighted by atomic mass is 19.1. The molecule has 1 amide bonds. The first-order chi connectivity index (χ1) is 11.9. The number of benzene rings is 2. The van der Waals surface area contributed by atoms with Gasteiger partial charge in [0.1, 0.15) is 22.9 Å². The largest absolute Gasteiger partial charge is 0.550 e. The molecule has 0 unspecified atom stereocenters. The number of amides is 1. The summed E-state index contributed by atoms with van der Waals surface area (Å²) in [5.41, 5.74) is -0.325. The quantitative estimate of drug-likeness (QED) is 0.830.